The molecule has 1 aliphatic rings. The lowest BCUT2D eigenvalue weighted by atomic mass is 9.96. The smallest absolute Gasteiger partial charge is 0.411 e. The van der Waals surface area contributed by atoms with Crippen molar-refractivity contribution in [3.05, 3.63) is 30.3 Å². The molecule has 2 atom stereocenters. The summed E-state index contributed by atoms with van der Waals surface area (Å²) in [7, 11) is 0. The number of ether oxygens (including phenoxy) is 1. The third-order valence-corrected chi connectivity index (χ3v) is 4.05. The Kier molecular flexibility index (Phi) is 5.94. The van der Waals surface area contributed by atoms with E-state index in [1.54, 1.807) is 0 Å². The van der Waals surface area contributed by atoms with Crippen molar-refractivity contribution in [1.29, 1.82) is 0 Å². The molecule has 1 aliphatic heterocycles. The number of carbonyl (C=O) groups is 2. The van der Waals surface area contributed by atoms with Crippen LogP contribution in [0.1, 0.15) is 33.6 Å². The molecule has 2 unspecified atom stereocenters. The molecule has 2 rings (SSSR count). The van der Waals surface area contributed by atoms with Crippen LogP contribution in [0.15, 0.2) is 30.3 Å². The van der Waals surface area contributed by atoms with E-state index in [-0.39, 0.29) is 11.8 Å². The molecule has 1 aromatic rings. The van der Waals surface area contributed by atoms with Crippen LogP contribution in [0.2, 0.25) is 0 Å². The van der Waals surface area contributed by atoms with Crippen LogP contribution in [0.4, 0.5) is 10.5 Å². The number of piperidine rings is 1. The zero-order valence-electron chi connectivity index (χ0n) is 14.2. The summed E-state index contributed by atoms with van der Waals surface area (Å²) in [5.74, 6) is -0.379. The summed E-state index contributed by atoms with van der Waals surface area (Å²) in [5.41, 5.74) is 5.25. The molecule has 1 aromatic carbocycles. The van der Waals surface area contributed by atoms with Gasteiger partial charge in [0.15, 0.2) is 0 Å². The molecule has 6 nitrogen and oxygen atoms in total. The van der Waals surface area contributed by atoms with Gasteiger partial charge < -0.3 is 4.74 Å². The maximum Gasteiger partial charge on any atom is 0.411 e. The molecule has 0 bridgehead atoms. The number of nitrogens with zero attached hydrogens (tertiary/aromatic N) is 1. The second-order valence-electron chi connectivity index (χ2n) is 6.81. The highest BCUT2D eigenvalue weighted by atomic mass is 35.5. The van der Waals surface area contributed by atoms with Crippen LogP contribution in [0.5, 0.6) is 0 Å². The lowest BCUT2D eigenvalue weighted by Crippen LogP contribution is -2.49. The average molecular weight is 354 g/mol. The third kappa shape index (κ3) is 5.30. The molecule has 1 saturated heterocycles. The van der Waals surface area contributed by atoms with Gasteiger partial charge in [0.1, 0.15) is 11.1 Å². The Labute approximate surface area is 147 Å². The first kappa shape index (κ1) is 18.4. The maximum atomic E-state index is 12.3. The van der Waals surface area contributed by atoms with Crippen LogP contribution in [-0.4, -0.2) is 34.5 Å². The van der Waals surface area contributed by atoms with Crippen molar-refractivity contribution in [2.45, 2.75) is 44.7 Å². The molecule has 0 aromatic heterocycles. The highest BCUT2D eigenvalue weighted by Gasteiger charge is 2.35. The second-order valence-corrected chi connectivity index (χ2v) is 7.31. The number of benzene rings is 1. The Balaban J connectivity index is 1.83. The molecular weight excluding hydrogens is 330 g/mol. The third-order valence-electron chi connectivity index (χ3n) is 3.64. The Morgan fingerprint density at radius 1 is 1.25 bits per heavy atom. The molecule has 2 N–H and O–H groups in total. The van der Waals surface area contributed by atoms with Crippen molar-refractivity contribution >= 4 is 29.3 Å². The number of hydrazine groups is 1. The summed E-state index contributed by atoms with van der Waals surface area (Å²) in [5, 5.41) is 0. The van der Waals surface area contributed by atoms with Crippen molar-refractivity contribution in [3.63, 3.8) is 0 Å². The van der Waals surface area contributed by atoms with E-state index in [0.717, 1.165) is 5.69 Å². The van der Waals surface area contributed by atoms with Crippen LogP contribution >= 0.6 is 11.6 Å². The van der Waals surface area contributed by atoms with Gasteiger partial charge in [-0.2, -0.15) is 0 Å². The summed E-state index contributed by atoms with van der Waals surface area (Å²) >= 11 is 6.29. The van der Waals surface area contributed by atoms with Crippen molar-refractivity contribution in [2.75, 3.05) is 12.0 Å². The molecule has 24 heavy (non-hydrogen) atoms. The van der Waals surface area contributed by atoms with Gasteiger partial charge >= 0.3 is 6.09 Å². The van der Waals surface area contributed by atoms with E-state index in [4.69, 9.17) is 16.3 Å². The van der Waals surface area contributed by atoms with E-state index >= 15 is 0 Å². The molecule has 0 spiro atoms. The predicted octanol–water partition coefficient (Wildman–Crippen LogP) is 3.34. The molecule has 132 valence electrons. The van der Waals surface area contributed by atoms with Crippen LogP contribution < -0.4 is 10.9 Å². The number of amides is 2. The minimum Gasteiger partial charge on any atom is -0.444 e. The molecule has 1 heterocycles. The topological polar surface area (TPSA) is 70.7 Å². The van der Waals surface area contributed by atoms with E-state index in [2.05, 4.69) is 10.9 Å². The fraction of sp³-hybridized carbons (Fsp3) is 0.529. The number of para-hydroxylation sites is 1. The standard InChI is InChI=1S/C17H24ClN3O3/c1-17(2,3)24-16(23)21-10-9-12(11-14(21)18)15(22)20-19-13-7-5-4-6-8-13/h4-8,12,14,19H,9-11H2,1-3H3,(H,20,22). The average Bonchev–Trinajstić information content (AvgIpc) is 2.51. The lowest BCUT2D eigenvalue weighted by molar-refractivity contribution is -0.126. The van der Waals surface area contributed by atoms with Gasteiger partial charge in [-0.05, 0) is 45.7 Å². The number of hydrogen-bond acceptors (Lipinski definition) is 4. The Hall–Kier alpha value is -1.95. The molecular formula is C17H24ClN3O3. The van der Waals surface area contributed by atoms with E-state index in [9.17, 15) is 9.59 Å². The number of halogens is 1. The minimum absolute atomic E-state index is 0.131. The minimum atomic E-state index is -0.568. The van der Waals surface area contributed by atoms with Crippen molar-refractivity contribution in [2.24, 2.45) is 5.92 Å². The van der Waals surface area contributed by atoms with Gasteiger partial charge in [-0.25, -0.2) is 4.79 Å². The number of carbonyl (C=O) groups excluding carboxylic acids is 2. The van der Waals surface area contributed by atoms with Crippen molar-refractivity contribution in [3.8, 4) is 0 Å². The van der Waals surface area contributed by atoms with Gasteiger partial charge in [-0.3, -0.25) is 20.5 Å². The normalized spacial score (nSPS) is 21.1. The fourth-order valence-corrected chi connectivity index (χ4v) is 2.83. The van der Waals surface area contributed by atoms with E-state index < -0.39 is 17.2 Å². The molecule has 0 saturated carbocycles. The number of anilines is 1. The molecule has 0 radical (unpaired) electrons. The zero-order chi connectivity index (χ0) is 17.7. The SMILES string of the molecule is CC(C)(C)OC(=O)N1CCC(C(=O)NNc2ccccc2)CC1Cl. The van der Waals surface area contributed by atoms with Crippen molar-refractivity contribution in [1.82, 2.24) is 10.3 Å². The Morgan fingerprint density at radius 3 is 2.50 bits per heavy atom. The van der Waals surface area contributed by atoms with Gasteiger partial charge in [0, 0.05) is 12.5 Å². The first-order valence-corrected chi connectivity index (χ1v) is 8.44. The number of rotatable bonds is 3. The summed E-state index contributed by atoms with van der Waals surface area (Å²) in [6.07, 6.45) is 0.497. The van der Waals surface area contributed by atoms with Crippen LogP contribution in [0.3, 0.4) is 0 Å². The quantitative estimate of drug-likeness (QED) is 0.496. The summed E-state index contributed by atoms with van der Waals surface area (Å²) in [6, 6.07) is 9.37. The molecule has 7 heteroatoms. The number of likely N-dealkylation sites (tertiary alicyclic amines) is 1. The number of nitrogens with one attached hydrogen (secondary N) is 2. The van der Waals surface area contributed by atoms with E-state index in [1.165, 1.54) is 4.90 Å². The molecule has 2 amide bonds. The highest BCUT2D eigenvalue weighted by Crippen LogP contribution is 2.27. The summed E-state index contributed by atoms with van der Waals surface area (Å²) < 4.78 is 5.34. The van der Waals surface area contributed by atoms with Crippen molar-refractivity contribution < 1.29 is 14.3 Å². The second kappa shape index (κ2) is 7.75. The van der Waals surface area contributed by atoms with Gasteiger partial charge in [-0.15, -0.1) is 0 Å². The van der Waals surface area contributed by atoms with Crippen LogP contribution in [0.25, 0.3) is 0 Å². The van der Waals surface area contributed by atoms with Crippen LogP contribution in [0, 0.1) is 5.92 Å². The van der Waals surface area contributed by atoms with E-state index in [0.29, 0.717) is 19.4 Å². The Bertz CT molecular complexity index is 574. The number of alkyl halides is 1. The predicted molar refractivity (Wildman–Crippen MR) is 93.5 cm³/mol. The Morgan fingerprint density at radius 2 is 1.92 bits per heavy atom. The van der Waals surface area contributed by atoms with E-state index in [1.807, 2.05) is 51.1 Å². The zero-order valence-corrected chi connectivity index (χ0v) is 15.0. The fourth-order valence-electron chi connectivity index (χ4n) is 2.44. The van der Waals surface area contributed by atoms with Gasteiger partial charge in [0.05, 0.1) is 5.69 Å². The first-order chi connectivity index (χ1) is 11.3. The van der Waals surface area contributed by atoms with Gasteiger partial charge in [-0.1, -0.05) is 29.8 Å². The maximum absolute atomic E-state index is 12.3. The summed E-state index contributed by atoms with van der Waals surface area (Å²) in [6.45, 7) is 5.82. The largest absolute Gasteiger partial charge is 0.444 e. The monoisotopic (exact) mass is 353 g/mol. The molecule has 1 fully saturated rings. The first-order valence-electron chi connectivity index (χ1n) is 8.01. The molecule has 0 aliphatic carbocycles. The number of hydrogen-bond donors (Lipinski definition) is 2. The van der Waals surface area contributed by atoms with Gasteiger partial charge in [0.2, 0.25) is 5.91 Å². The van der Waals surface area contributed by atoms with Crippen LogP contribution in [-0.2, 0) is 9.53 Å². The van der Waals surface area contributed by atoms with Gasteiger partial charge in [0.25, 0.3) is 0 Å². The lowest BCUT2D eigenvalue weighted by Gasteiger charge is -2.36. The summed E-state index contributed by atoms with van der Waals surface area (Å²) in [4.78, 5) is 25.8. The highest BCUT2D eigenvalue weighted by molar-refractivity contribution is 6.21.